The van der Waals surface area contributed by atoms with Gasteiger partial charge in [-0.15, -0.1) is 11.3 Å². The van der Waals surface area contributed by atoms with Gasteiger partial charge in [0.05, 0.1) is 28.8 Å². The predicted octanol–water partition coefficient (Wildman–Crippen LogP) is 2.72. The summed E-state index contributed by atoms with van der Waals surface area (Å²) in [7, 11) is 0. The van der Waals surface area contributed by atoms with Crippen LogP contribution in [-0.4, -0.2) is 52.1 Å². The third kappa shape index (κ3) is 4.96. The lowest BCUT2D eigenvalue weighted by Crippen LogP contribution is -2.45. The fourth-order valence-corrected chi connectivity index (χ4v) is 4.83. The standard InChI is InChI=1S/C21H28N4O2S/c1-16-24-18(15-28-16)11-20(26)23-13-19-4-5-21(27-19)6-9-25(10-7-21)14-17-3-2-8-22-12-17/h2-3,8,12,15,19H,4-7,9-11,13-14H2,1H3,(H,23,26)/t19-/m1/s1. The maximum atomic E-state index is 12.1. The van der Waals surface area contributed by atoms with Gasteiger partial charge >= 0.3 is 0 Å². The van der Waals surface area contributed by atoms with Gasteiger partial charge in [0.1, 0.15) is 0 Å². The SMILES string of the molecule is Cc1nc(CC(=O)NC[C@H]2CCC3(CCN(Cc4cccnc4)CC3)O2)cs1. The van der Waals surface area contributed by atoms with Crippen LogP contribution in [0.25, 0.3) is 0 Å². The molecule has 0 saturated carbocycles. The van der Waals surface area contributed by atoms with E-state index in [0.717, 1.165) is 56.0 Å². The zero-order valence-corrected chi connectivity index (χ0v) is 17.2. The van der Waals surface area contributed by atoms with Gasteiger partial charge in [0, 0.05) is 44.0 Å². The molecule has 1 amide bonds. The Hall–Kier alpha value is -1.83. The number of nitrogens with one attached hydrogen (secondary N) is 1. The monoisotopic (exact) mass is 400 g/mol. The molecular formula is C21H28N4O2S. The molecule has 0 aliphatic carbocycles. The Morgan fingerprint density at radius 3 is 2.96 bits per heavy atom. The third-order valence-corrected chi connectivity index (χ3v) is 6.59. The number of pyridine rings is 1. The molecule has 1 atom stereocenters. The van der Waals surface area contributed by atoms with E-state index in [1.165, 1.54) is 5.56 Å². The van der Waals surface area contributed by atoms with Gasteiger partial charge in [0.15, 0.2) is 0 Å². The summed E-state index contributed by atoms with van der Waals surface area (Å²) in [5, 5.41) is 5.98. The van der Waals surface area contributed by atoms with Crippen LogP contribution >= 0.6 is 11.3 Å². The van der Waals surface area contributed by atoms with Gasteiger partial charge in [-0.1, -0.05) is 6.07 Å². The first kappa shape index (κ1) is 19.5. The Morgan fingerprint density at radius 2 is 2.25 bits per heavy atom. The van der Waals surface area contributed by atoms with Crippen molar-refractivity contribution in [2.45, 2.75) is 57.3 Å². The van der Waals surface area contributed by atoms with Crippen LogP contribution in [0, 0.1) is 6.92 Å². The van der Waals surface area contributed by atoms with E-state index >= 15 is 0 Å². The van der Waals surface area contributed by atoms with Crippen molar-refractivity contribution in [2.75, 3.05) is 19.6 Å². The molecule has 0 radical (unpaired) electrons. The smallest absolute Gasteiger partial charge is 0.226 e. The van der Waals surface area contributed by atoms with Crippen molar-refractivity contribution in [3.8, 4) is 0 Å². The minimum atomic E-state index is 0.00680. The number of piperidine rings is 1. The van der Waals surface area contributed by atoms with Crippen molar-refractivity contribution < 1.29 is 9.53 Å². The normalized spacial score (nSPS) is 21.8. The highest BCUT2D eigenvalue weighted by Gasteiger charge is 2.42. The number of thiazole rings is 1. The number of hydrogen-bond donors (Lipinski definition) is 1. The predicted molar refractivity (Wildman–Crippen MR) is 109 cm³/mol. The molecule has 6 nitrogen and oxygen atoms in total. The van der Waals surface area contributed by atoms with E-state index in [1.807, 2.05) is 30.8 Å². The molecular weight excluding hydrogens is 372 g/mol. The van der Waals surface area contributed by atoms with E-state index in [1.54, 1.807) is 11.3 Å². The van der Waals surface area contributed by atoms with Gasteiger partial charge in [-0.05, 0) is 44.2 Å². The molecule has 1 N–H and O–H groups in total. The second-order valence-corrected chi connectivity index (χ2v) is 9.00. The highest BCUT2D eigenvalue weighted by atomic mass is 32.1. The Morgan fingerprint density at radius 1 is 1.39 bits per heavy atom. The summed E-state index contributed by atoms with van der Waals surface area (Å²) in [6.45, 7) is 5.62. The second-order valence-electron chi connectivity index (χ2n) is 7.94. The first-order valence-electron chi connectivity index (χ1n) is 10.1. The van der Waals surface area contributed by atoms with Gasteiger partial charge < -0.3 is 10.1 Å². The number of aromatic nitrogens is 2. The number of likely N-dealkylation sites (tertiary alicyclic amines) is 1. The lowest BCUT2D eigenvalue weighted by Gasteiger charge is -2.39. The quantitative estimate of drug-likeness (QED) is 0.808. The number of carbonyl (C=O) groups is 1. The summed E-state index contributed by atoms with van der Waals surface area (Å²) in [5.74, 6) is 0.0288. The van der Waals surface area contributed by atoms with E-state index in [9.17, 15) is 4.79 Å². The molecule has 7 heteroatoms. The number of rotatable bonds is 6. The van der Waals surface area contributed by atoms with Gasteiger partial charge in [-0.25, -0.2) is 4.98 Å². The molecule has 2 saturated heterocycles. The van der Waals surface area contributed by atoms with Crippen molar-refractivity contribution in [3.05, 3.63) is 46.2 Å². The summed E-state index contributed by atoms with van der Waals surface area (Å²) in [4.78, 5) is 23.2. The van der Waals surface area contributed by atoms with Crippen LogP contribution in [0.2, 0.25) is 0 Å². The topological polar surface area (TPSA) is 67.4 Å². The largest absolute Gasteiger partial charge is 0.370 e. The highest BCUT2D eigenvalue weighted by Crippen LogP contribution is 2.38. The Balaban J connectivity index is 1.19. The number of ether oxygens (including phenoxy) is 1. The van der Waals surface area contributed by atoms with Crippen LogP contribution in [0.4, 0.5) is 0 Å². The summed E-state index contributed by atoms with van der Waals surface area (Å²) in [6.07, 6.45) is 8.50. The van der Waals surface area contributed by atoms with E-state index in [4.69, 9.17) is 4.74 Å². The fraction of sp³-hybridized carbons (Fsp3) is 0.571. The van der Waals surface area contributed by atoms with Gasteiger partial charge in [0.25, 0.3) is 0 Å². The average molecular weight is 401 g/mol. The van der Waals surface area contributed by atoms with Crippen LogP contribution < -0.4 is 5.32 Å². The number of hydrogen-bond acceptors (Lipinski definition) is 6. The van der Waals surface area contributed by atoms with E-state index in [-0.39, 0.29) is 17.6 Å². The molecule has 0 aromatic carbocycles. The van der Waals surface area contributed by atoms with Gasteiger partial charge in [-0.2, -0.15) is 0 Å². The van der Waals surface area contributed by atoms with Crippen LogP contribution in [0.1, 0.15) is 41.9 Å². The first-order chi connectivity index (χ1) is 13.6. The van der Waals surface area contributed by atoms with Crippen molar-refractivity contribution >= 4 is 17.2 Å². The second kappa shape index (κ2) is 8.68. The van der Waals surface area contributed by atoms with Crippen molar-refractivity contribution in [2.24, 2.45) is 0 Å². The molecule has 2 aliphatic rings. The summed E-state index contributed by atoms with van der Waals surface area (Å²) in [6, 6.07) is 4.13. The number of aryl methyl sites for hydroxylation is 1. The number of carbonyl (C=O) groups excluding carboxylic acids is 1. The van der Waals surface area contributed by atoms with E-state index in [2.05, 4.69) is 26.3 Å². The Bertz CT molecular complexity index is 787. The van der Waals surface area contributed by atoms with E-state index < -0.39 is 0 Å². The molecule has 2 aliphatic heterocycles. The average Bonchev–Trinajstić information content (AvgIpc) is 3.29. The lowest BCUT2D eigenvalue weighted by molar-refractivity contribution is -0.122. The molecule has 0 unspecified atom stereocenters. The minimum Gasteiger partial charge on any atom is -0.370 e. The zero-order chi connectivity index (χ0) is 19.4. The molecule has 1 spiro atoms. The third-order valence-electron chi connectivity index (χ3n) is 5.77. The lowest BCUT2D eigenvalue weighted by atomic mass is 9.88. The van der Waals surface area contributed by atoms with Crippen molar-refractivity contribution in [1.82, 2.24) is 20.2 Å². The maximum Gasteiger partial charge on any atom is 0.226 e. The highest BCUT2D eigenvalue weighted by molar-refractivity contribution is 7.09. The Labute approximate surface area is 170 Å². The summed E-state index contributed by atoms with van der Waals surface area (Å²) >= 11 is 1.58. The number of nitrogens with zero attached hydrogens (tertiary/aromatic N) is 3. The summed E-state index contributed by atoms with van der Waals surface area (Å²) in [5.41, 5.74) is 2.12. The Kier molecular flexibility index (Phi) is 6.04. The van der Waals surface area contributed by atoms with Crippen LogP contribution in [0.5, 0.6) is 0 Å². The molecule has 2 aromatic rings. The van der Waals surface area contributed by atoms with Crippen LogP contribution in [0.3, 0.4) is 0 Å². The molecule has 4 rings (SSSR count). The zero-order valence-electron chi connectivity index (χ0n) is 16.4. The molecule has 150 valence electrons. The van der Waals surface area contributed by atoms with E-state index in [0.29, 0.717) is 13.0 Å². The van der Waals surface area contributed by atoms with Crippen LogP contribution in [0.15, 0.2) is 29.9 Å². The summed E-state index contributed by atoms with van der Waals surface area (Å²) < 4.78 is 6.43. The molecule has 28 heavy (non-hydrogen) atoms. The molecule has 2 aromatic heterocycles. The minimum absolute atomic E-state index is 0.00680. The van der Waals surface area contributed by atoms with Crippen molar-refractivity contribution in [3.63, 3.8) is 0 Å². The maximum absolute atomic E-state index is 12.1. The van der Waals surface area contributed by atoms with Gasteiger partial charge in [0.2, 0.25) is 5.91 Å². The van der Waals surface area contributed by atoms with Crippen LogP contribution in [-0.2, 0) is 22.5 Å². The van der Waals surface area contributed by atoms with Crippen molar-refractivity contribution in [1.29, 1.82) is 0 Å². The van der Waals surface area contributed by atoms with Gasteiger partial charge in [-0.3, -0.25) is 14.7 Å². The molecule has 0 bridgehead atoms. The number of amides is 1. The first-order valence-corrected chi connectivity index (χ1v) is 10.9. The molecule has 4 heterocycles. The fourth-order valence-electron chi connectivity index (χ4n) is 4.22. The molecule has 2 fully saturated rings.